The molecule has 0 bridgehead atoms. The predicted octanol–water partition coefficient (Wildman–Crippen LogP) is 4.39. The number of hydrogen-bond donors (Lipinski definition) is 1. The molecule has 1 aliphatic rings. The third-order valence-corrected chi connectivity index (χ3v) is 5.75. The Hall–Kier alpha value is -2.13. The van der Waals surface area contributed by atoms with Crippen molar-refractivity contribution >= 4 is 5.91 Å². The second-order valence-electron chi connectivity index (χ2n) is 8.64. The molecule has 0 spiro atoms. The number of carbonyl (C=O) groups is 1. The van der Waals surface area contributed by atoms with Crippen molar-refractivity contribution in [3.63, 3.8) is 0 Å². The highest BCUT2D eigenvalue weighted by atomic mass is 16.2. The van der Waals surface area contributed by atoms with Crippen LogP contribution in [0.2, 0.25) is 0 Å². The lowest BCUT2D eigenvalue weighted by atomic mass is 9.72. The fourth-order valence-corrected chi connectivity index (χ4v) is 3.94. The monoisotopic (exact) mass is 350 g/mol. The molecule has 1 unspecified atom stereocenters. The molecule has 1 aliphatic heterocycles. The van der Waals surface area contributed by atoms with E-state index in [1.165, 1.54) is 5.56 Å². The SMILES string of the molecule is CC1N[C@](C)(c2ccccc2)[C@@H](c2ccc(C(C)(C)C)cc2)C(=O)N1C. The lowest BCUT2D eigenvalue weighted by Crippen LogP contribution is -2.64. The second-order valence-corrected chi connectivity index (χ2v) is 8.64. The molecule has 1 N–H and O–H groups in total. The smallest absolute Gasteiger partial charge is 0.233 e. The zero-order valence-corrected chi connectivity index (χ0v) is 16.7. The summed E-state index contributed by atoms with van der Waals surface area (Å²) in [4.78, 5) is 15.1. The number of likely N-dealkylation sites (N-methyl/N-ethyl adjacent to an activating group) is 1. The molecule has 0 aliphatic carbocycles. The van der Waals surface area contributed by atoms with E-state index in [4.69, 9.17) is 0 Å². The fraction of sp³-hybridized carbons (Fsp3) is 0.435. The average molecular weight is 351 g/mol. The van der Waals surface area contributed by atoms with E-state index in [-0.39, 0.29) is 23.4 Å². The first kappa shape index (κ1) is 18.7. The van der Waals surface area contributed by atoms with Gasteiger partial charge in [-0.2, -0.15) is 0 Å². The van der Waals surface area contributed by atoms with E-state index in [1.54, 1.807) is 0 Å². The minimum absolute atomic E-state index is 0.0159. The van der Waals surface area contributed by atoms with E-state index in [2.05, 4.69) is 69.4 Å². The first-order chi connectivity index (χ1) is 12.1. The van der Waals surface area contributed by atoms with E-state index in [0.717, 1.165) is 11.1 Å². The van der Waals surface area contributed by atoms with Crippen LogP contribution in [0, 0.1) is 0 Å². The van der Waals surface area contributed by atoms with Crippen LogP contribution in [0.4, 0.5) is 0 Å². The van der Waals surface area contributed by atoms with Crippen LogP contribution in [-0.4, -0.2) is 24.0 Å². The molecular weight excluding hydrogens is 320 g/mol. The van der Waals surface area contributed by atoms with Gasteiger partial charge in [-0.1, -0.05) is 75.4 Å². The van der Waals surface area contributed by atoms with Gasteiger partial charge in [0.15, 0.2) is 0 Å². The summed E-state index contributed by atoms with van der Waals surface area (Å²) in [5.74, 6) is -0.105. The third-order valence-electron chi connectivity index (χ3n) is 5.75. The Kier molecular flexibility index (Phi) is 4.70. The number of nitrogens with one attached hydrogen (secondary N) is 1. The van der Waals surface area contributed by atoms with Gasteiger partial charge in [0, 0.05) is 7.05 Å². The van der Waals surface area contributed by atoms with Crippen molar-refractivity contribution in [2.24, 2.45) is 0 Å². The van der Waals surface area contributed by atoms with Crippen LogP contribution in [0.1, 0.15) is 57.2 Å². The van der Waals surface area contributed by atoms with Crippen molar-refractivity contribution in [3.05, 3.63) is 71.3 Å². The maximum Gasteiger partial charge on any atom is 0.233 e. The van der Waals surface area contributed by atoms with Gasteiger partial charge < -0.3 is 4.90 Å². The zero-order chi connectivity index (χ0) is 19.1. The molecule has 3 heteroatoms. The quantitative estimate of drug-likeness (QED) is 0.871. The van der Waals surface area contributed by atoms with Crippen LogP contribution in [0.25, 0.3) is 0 Å². The Balaban J connectivity index is 2.09. The molecule has 0 saturated carbocycles. The molecule has 2 aromatic rings. The van der Waals surface area contributed by atoms with Crippen LogP contribution in [0.5, 0.6) is 0 Å². The summed E-state index contributed by atoms with van der Waals surface area (Å²) in [6, 6.07) is 18.9. The highest BCUT2D eigenvalue weighted by molar-refractivity contribution is 5.86. The number of carbonyl (C=O) groups excluding carboxylic acids is 1. The van der Waals surface area contributed by atoms with E-state index >= 15 is 0 Å². The van der Waals surface area contributed by atoms with Crippen LogP contribution in [0.15, 0.2) is 54.6 Å². The summed E-state index contributed by atoms with van der Waals surface area (Å²) in [6.45, 7) is 10.8. The summed E-state index contributed by atoms with van der Waals surface area (Å²) < 4.78 is 0. The first-order valence-corrected chi connectivity index (χ1v) is 9.35. The standard InChI is InChI=1S/C23H30N2O/c1-16-24-23(5,19-10-8-7-9-11-19)20(21(26)25(16)6)17-12-14-18(15-13-17)22(2,3)4/h7-16,20,24H,1-6H3/t16?,20-,23+/m0/s1. The maximum atomic E-state index is 13.3. The van der Waals surface area contributed by atoms with E-state index in [0.29, 0.717) is 0 Å². The molecule has 1 saturated heterocycles. The van der Waals surface area contributed by atoms with Crippen molar-refractivity contribution < 1.29 is 4.79 Å². The van der Waals surface area contributed by atoms with Crippen LogP contribution in [0.3, 0.4) is 0 Å². The van der Waals surface area contributed by atoms with Gasteiger partial charge in [0.1, 0.15) is 0 Å². The number of benzene rings is 2. The zero-order valence-electron chi connectivity index (χ0n) is 16.7. The van der Waals surface area contributed by atoms with Crippen LogP contribution < -0.4 is 5.32 Å². The Labute approximate surface area is 157 Å². The Morgan fingerprint density at radius 1 is 1.00 bits per heavy atom. The molecule has 1 amide bonds. The normalized spacial score (nSPS) is 26.8. The summed E-state index contributed by atoms with van der Waals surface area (Å²) in [5, 5.41) is 3.69. The molecule has 2 aromatic carbocycles. The summed E-state index contributed by atoms with van der Waals surface area (Å²) >= 11 is 0. The second kappa shape index (κ2) is 6.55. The maximum absolute atomic E-state index is 13.3. The van der Waals surface area contributed by atoms with Gasteiger partial charge in [0.25, 0.3) is 0 Å². The number of amides is 1. The minimum Gasteiger partial charge on any atom is -0.330 e. The highest BCUT2D eigenvalue weighted by Crippen LogP contribution is 2.42. The van der Waals surface area contributed by atoms with Crippen molar-refractivity contribution in [1.82, 2.24) is 10.2 Å². The Bertz CT molecular complexity index is 776. The molecule has 138 valence electrons. The van der Waals surface area contributed by atoms with Crippen LogP contribution >= 0.6 is 0 Å². The molecule has 3 rings (SSSR count). The van der Waals surface area contributed by atoms with Gasteiger partial charge in [-0.25, -0.2) is 0 Å². The Morgan fingerprint density at radius 2 is 1.58 bits per heavy atom. The Morgan fingerprint density at radius 3 is 2.12 bits per heavy atom. The number of hydrogen-bond acceptors (Lipinski definition) is 2. The average Bonchev–Trinajstić information content (AvgIpc) is 2.60. The number of rotatable bonds is 2. The molecule has 0 aromatic heterocycles. The van der Waals surface area contributed by atoms with Gasteiger partial charge >= 0.3 is 0 Å². The van der Waals surface area contributed by atoms with E-state index in [9.17, 15) is 4.79 Å². The van der Waals surface area contributed by atoms with Crippen LogP contribution in [-0.2, 0) is 15.7 Å². The van der Waals surface area contributed by atoms with Gasteiger partial charge in [-0.3, -0.25) is 10.1 Å². The summed E-state index contributed by atoms with van der Waals surface area (Å²) in [6.07, 6.45) is -0.0159. The highest BCUT2D eigenvalue weighted by Gasteiger charge is 2.48. The van der Waals surface area contributed by atoms with Gasteiger partial charge in [0.05, 0.1) is 17.6 Å². The summed E-state index contributed by atoms with van der Waals surface area (Å²) in [5.41, 5.74) is 3.12. The molecule has 1 fully saturated rings. The summed E-state index contributed by atoms with van der Waals surface area (Å²) in [7, 11) is 1.88. The number of nitrogens with zero attached hydrogens (tertiary/aromatic N) is 1. The minimum atomic E-state index is -0.451. The van der Waals surface area contributed by atoms with Gasteiger partial charge in [0.2, 0.25) is 5.91 Å². The molecule has 0 radical (unpaired) electrons. The molecular formula is C23H30N2O. The van der Waals surface area contributed by atoms with E-state index in [1.807, 2.05) is 37.1 Å². The van der Waals surface area contributed by atoms with Crippen molar-refractivity contribution in [2.45, 2.75) is 57.7 Å². The lowest BCUT2D eigenvalue weighted by Gasteiger charge is -2.49. The van der Waals surface area contributed by atoms with Crippen molar-refractivity contribution in [2.75, 3.05) is 7.05 Å². The third kappa shape index (κ3) is 3.16. The fourth-order valence-electron chi connectivity index (χ4n) is 3.94. The first-order valence-electron chi connectivity index (χ1n) is 9.35. The van der Waals surface area contributed by atoms with Crippen molar-refractivity contribution in [1.29, 1.82) is 0 Å². The topological polar surface area (TPSA) is 32.3 Å². The largest absolute Gasteiger partial charge is 0.330 e. The van der Waals surface area contributed by atoms with Crippen molar-refractivity contribution in [3.8, 4) is 0 Å². The molecule has 3 atom stereocenters. The van der Waals surface area contributed by atoms with Gasteiger partial charge in [-0.15, -0.1) is 0 Å². The van der Waals surface area contributed by atoms with Gasteiger partial charge in [-0.05, 0) is 36.0 Å². The molecule has 1 heterocycles. The predicted molar refractivity (Wildman–Crippen MR) is 107 cm³/mol. The van der Waals surface area contributed by atoms with E-state index < -0.39 is 5.54 Å². The lowest BCUT2D eigenvalue weighted by molar-refractivity contribution is -0.141. The molecule has 3 nitrogen and oxygen atoms in total. The molecule has 26 heavy (non-hydrogen) atoms.